The van der Waals surface area contributed by atoms with Crippen LogP contribution in [0.3, 0.4) is 0 Å². The zero-order chi connectivity index (χ0) is 10.2. The molecular formula is C13H25N. The summed E-state index contributed by atoms with van der Waals surface area (Å²) in [5.41, 5.74) is 0. The maximum absolute atomic E-state index is 3.82. The van der Waals surface area contributed by atoms with Gasteiger partial charge >= 0.3 is 0 Å². The van der Waals surface area contributed by atoms with Crippen molar-refractivity contribution in [2.75, 3.05) is 13.6 Å². The Morgan fingerprint density at radius 3 is 2.57 bits per heavy atom. The first kappa shape index (κ1) is 11.8. The second-order valence-electron chi connectivity index (χ2n) is 4.58. The molecule has 2 atom stereocenters. The van der Waals surface area contributed by atoms with Gasteiger partial charge in [-0.3, -0.25) is 0 Å². The Morgan fingerprint density at radius 1 is 1.21 bits per heavy atom. The largest absolute Gasteiger partial charge is 0.319 e. The van der Waals surface area contributed by atoms with Crippen LogP contribution in [-0.2, 0) is 0 Å². The minimum atomic E-state index is 0.919. The summed E-state index contributed by atoms with van der Waals surface area (Å²) in [4.78, 5) is 0. The lowest BCUT2D eigenvalue weighted by Crippen LogP contribution is -2.25. The van der Waals surface area contributed by atoms with Crippen LogP contribution in [0.4, 0.5) is 0 Å². The van der Waals surface area contributed by atoms with E-state index >= 15 is 0 Å². The quantitative estimate of drug-likeness (QED) is 0.524. The highest BCUT2D eigenvalue weighted by Gasteiger charge is 2.21. The van der Waals surface area contributed by atoms with E-state index in [0.29, 0.717) is 0 Å². The Hall–Kier alpha value is -0.300. The minimum Gasteiger partial charge on any atom is -0.319 e. The topological polar surface area (TPSA) is 12.0 Å². The predicted molar refractivity (Wildman–Crippen MR) is 63.4 cm³/mol. The summed E-state index contributed by atoms with van der Waals surface area (Å²) in [6.07, 6.45) is 11.8. The van der Waals surface area contributed by atoms with Crippen molar-refractivity contribution < 1.29 is 0 Å². The predicted octanol–water partition coefficient (Wildman–Crippen LogP) is 3.37. The van der Waals surface area contributed by atoms with Crippen molar-refractivity contribution in [3.63, 3.8) is 0 Å². The molecule has 14 heavy (non-hydrogen) atoms. The first-order valence-corrected chi connectivity index (χ1v) is 6.14. The normalized spacial score (nSPS) is 28.4. The van der Waals surface area contributed by atoms with Gasteiger partial charge in [-0.1, -0.05) is 31.8 Å². The fourth-order valence-corrected chi connectivity index (χ4v) is 2.70. The minimum absolute atomic E-state index is 0.919. The third kappa shape index (κ3) is 3.83. The van der Waals surface area contributed by atoms with Crippen molar-refractivity contribution in [3.05, 3.63) is 12.7 Å². The van der Waals surface area contributed by atoms with Crippen LogP contribution in [0.15, 0.2) is 12.7 Å². The number of nitrogens with one attached hydrogen (secondary N) is 1. The van der Waals surface area contributed by atoms with Crippen molar-refractivity contribution in [1.29, 1.82) is 0 Å². The molecule has 0 aliphatic heterocycles. The summed E-state index contributed by atoms with van der Waals surface area (Å²) in [7, 11) is 2.08. The van der Waals surface area contributed by atoms with E-state index < -0.39 is 0 Å². The highest BCUT2D eigenvalue weighted by atomic mass is 14.8. The molecule has 1 rings (SSSR count). The molecule has 1 aliphatic rings. The molecule has 82 valence electrons. The summed E-state index contributed by atoms with van der Waals surface area (Å²) >= 11 is 0. The van der Waals surface area contributed by atoms with Crippen molar-refractivity contribution >= 4 is 0 Å². The van der Waals surface area contributed by atoms with E-state index in [0.717, 1.165) is 11.8 Å². The zero-order valence-corrected chi connectivity index (χ0v) is 9.60. The van der Waals surface area contributed by atoms with Gasteiger partial charge in [-0.05, 0) is 44.7 Å². The molecule has 1 nitrogen and oxygen atoms in total. The van der Waals surface area contributed by atoms with Gasteiger partial charge in [0.15, 0.2) is 0 Å². The van der Waals surface area contributed by atoms with Crippen molar-refractivity contribution in [3.8, 4) is 0 Å². The first-order chi connectivity index (χ1) is 6.88. The fourth-order valence-electron chi connectivity index (χ4n) is 2.70. The lowest BCUT2D eigenvalue weighted by atomic mass is 9.84. The van der Waals surface area contributed by atoms with Crippen LogP contribution in [-0.4, -0.2) is 13.6 Å². The average molecular weight is 195 g/mol. The van der Waals surface area contributed by atoms with E-state index in [2.05, 4.69) is 25.0 Å². The zero-order valence-electron chi connectivity index (χ0n) is 9.60. The number of hydrogen-bond acceptors (Lipinski definition) is 1. The monoisotopic (exact) mass is 195 g/mol. The van der Waals surface area contributed by atoms with Gasteiger partial charge < -0.3 is 5.32 Å². The van der Waals surface area contributed by atoms with E-state index in [4.69, 9.17) is 0 Å². The van der Waals surface area contributed by atoms with Gasteiger partial charge in [0, 0.05) is 0 Å². The number of hydrogen-bond donors (Lipinski definition) is 1. The van der Waals surface area contributed by atoms with Gasteiger partial charge in [0.2, 0.25) is 0 Å². The van der Waals surface area contributed by atoms with E-state index in [1.165, 1.54) is 51.5 Å². The Morgan fingerprint density at radius 2 is 1.93 bits per heavy atom. The third-order valence-electron chi connectivity index (χ3n) is 3.52. The molecule has 0 saturated heterocycles. The lowest BCUT2D eigenvalue weighted by molar-refractivity contribution is 0.290. The SMILES string of the molecule is C=CCCC1CCCCCC1CNC. The molecule has 0 amide bonds. The molecule has 0 heterocycles. The van der Waals surface area contributed by atoms with Gasteiger partial charge in [0.1, 0.15) is 0 Å². The van der Waals surface area contributed by atoms with Crippen LogP contribution in [0.25, 0.3) is 0 Å². The maximum atomic E-state index is 3.82. The van der Waals surface area contributed by atoms with Crippen molar-refractivity contribution in [1.82, 2.24) is 5.32 Å². The number of rotatable bonds is 5. The summed E-state index contributed by atoms with van der Waals surface area (Å²) in [6, 6.07) is 0. The maximum Gasteiger partial charge on any atom is -0.00209 e. The van der Waals surface area contributed by atoms with Crippen LogP contribution in [0.5, 0.6) is 0 Å². The standard InChI is InChI=1S/C13H25N/c1-3-4-8-12-9-6-5-7-10-13(12)11-14-2/h3,12-14H,1,4-11H2,2H3. The van der Waals surface area contributed by atoms with E-state index in [9.17, 15) is 0 Å². The summed E-state index contributed by atoms with van der Waals surface area (Å²) < 4.78 is 0. The molecule has 1 saturated carbocycles. The van der Waals surface area contributed by atoms with E-state index in [-0.39, 0.29) is 0 Å². The Kier molecular flexibility index (Phi) is 5.93. The Labute approximate surface area is 89.0 Å². The van der Waals surface area contributed by atoms with Crippen LogP contribution >= 0.6 is 0 Å². The molecule has 0 aromatic rings. The third-order valence-corrected chi connectivity index (χ3v) is 3.52. The molecule has 0 bridgehead atoms. The summed E-state index contributed by atoms with van der Waals surface area (Å²) in [5.74, 6) is 1.87. The molecule has 1 aliphatic carbocycles. The summed E-state index contributed by atoms with van der Waals surface area (Å²) in [6.45, 7) is 5.03. The smallest absolute Gasteiger partial charge is 0.00209 e. The second kappa shape index (κ2) is 7.05. The van der Waals surface area contributed by atoms with E-state index in [1.807, 2.05) is 0 Å². The van der Waals surface area contributed by atoms with Crippen LogP contribution in [0, 0.1) is 11.8 Å². The second-order valence-corrected chi connectivity index (χ2v) is 4.58. The lowest BCUT2D eigenvalue weighted by Gasteiger charge is -2.24. The van der Waals surface area contributed by atoms with Gasteiger partial charge in [0.05, 0.1) is 0 Å². The number of allylic oxidation sites excluding steroid dienone is 1. The Balaban J connectivity index is 2.40. The van der Waals surface area contributed by atoms with Gasteiger partial charge in [-0.15, -0.1) is 6.58 Å². The summed E-state index contributed by atoms with van der Waals surface area (Å²) in [5, 5.41) is 3.35. The van der Waals surface area contributed by atoms with E-state index in [1.54, 1.807) is 0 Å². The molecular weight excluding hydrogens is 170 g/mol. The molecule has 1 fully saturated rings. The van der Waals surface area contributed by atoms with Crippen LogP contribution in [0.2, 0.25) is 0 Å². The molecule has 1 N–H and O–H groups in total. The van der Waals surface area contributed by atoms with Gasteiger partial charge in [-0.25, -0.2) is 0 Å². The Bertz CT molecular complexity index is 153. The van der Waals surface area contributed by atoms with Crippen LogP contribution < -0.4 is 5.32 Å². The highest BCUT2D eigenvalue weighted by Crippen LogP contribution is 2.31. The van der Waals surface area contributed by atoms with Crippen molar-refractivity contribution in [2.45, 2.75) is 44.9 Å². The molecule has 1 heteroatoms. The molecule has 2 unspecified atom stereocenters. The fraction of sp³-hybridized carbons (Fsp3) is 0.846. The van der Waals surface area contributed by atoms with Gasteiger partial charge in [0.25, 0.3) is 0 Å². The molecule has 0 aromatic carbocycles. The average Bonchev–Trinajstić information content (AvgIpc) is 2.41. The molecule has 0 spiro atoms. The van der Waals surface area contributed by atoms with Crippen LogP contribution in [0.1, 0.15) is 44.9 Å². The molecule has 0 aromatic heterocycles. The molecule has 0 radical (unpaired) electrons. The van der Waals surface area contributed by atoms with Crippen molar-refractivity contribution in [2.24, 2.45) is 11.8 Å². The van der Waals surface area contributed by atoms with Gasteiger partial charge in [-0.2, -0.15) is 0 Å². The first-order valence-electron chi connectivity index (χ1n) is 6.14. The highest BCUT2D eigenvalue weighted by molar-refractivity contribution is 4.78.